The molecule has 0 radical (unpaired) electrons. The molecule has 1 N–H and O–H groups in total. The van der Waals surface area contributed by atoms with Crippen LogP contribution < -0.4 is 4.72 Å². The Hall–Kier alpha value is -4.45. The number of anilines is 1. The van der Waals surface area contributed by atoms with E-state index in [2.05, 4.69) is 4.98 Å². The lowest BCUT2D eigenvalue weighted by molar-refractivity contribution is -0.137. The van der Waals surface area contributed by atoms with Crippen LogP contribution in [0.1, 0.15) is 21.5 Å². The Bertz CT molecular complexity index is 1700. The average Bonchev–Trinajstić information content (AvgIpc) is 2.96. The number of carbonyl (C=O) groups excluding carboxylic acids is 2. The van der Waals surface area contributed by atoms with Gasteiger partial charge < -0.3 is 9.80 Å². The number of alkyl halides is 3. The van der Waals surface area contributed by atoms with Crippen molar-refractivity contribution in [1.29, 1.82) is 0 Å². The maximum Gasteiger partial charge on any atom is 0.418 e. The number of aromatic nitrogens is 1. The summed E-state index contributed by atoms with van der Waals surface area (Å²) in [6.45, 7) is 0.813. The molecular weight excluding hydrogens is 557 g/mol. The van der Waals surface area contributed by atoms with Crippen LogP contribution in [0.3, 0.4) is 0 Å². The SMILES string of the molecule is O=C(Cc1ccccc1)N1CCN(C(=O)c2ccc(NS(=O)(=O)c3cccc4cccnc34)c(C(F)(F)F)c2)CC1. The zero-order chi connectivity index (χ0) is 29.2. The summed E-state index contributed by atoms with van der Waals surface area (Å²) in [6.07, 6.45) is -3.34. The third kappa shape index (κ3) is 6.17. The predicted molar refractivity (Wildman–Crippen MR) is 147 cm³/mol. The summed E-state index contributed by atoms with van der Waals surface area (Å²) in [5.74, 6) is -0.737. The molecule has 0 atom stereocenters. The Morgan fingerprint density at radius 2 is 1.54 bits per heavy atom. The molecule has 3 aromatic carbocycles. The number of hydrogen-bond acceptors (Lipinski definition) is 5. The monoisotopic (exact) mass is 582 g/mol. The summed E-state index contributed by atoms with van der Waals surface area (Å²) in [7, 11) is -4.46. The highest BCUT2D eigenvalue weighted by Crippen LogP contribution is 2.37. The van der Waals surface area contributed by atoms with Gasteiger partial charge in [-0.1, -0.05) is 48.5 Å². The lowest BCUT2D eigenvalue weighted by atomic mass is 10.1. The van der Waals surface area contributed by atoms with Gasteiger partial charge in [-0.3, -0.25) is 19.3 Å². The van der Waals surface area contributed by atoms with Gasteiger partial charge in [0.05, 0.1) is 23.2 Å². The molecule has 0 spiro atoms. The van der Waals surface area contributed by atoms with Crippen molar-refractivity contribution in [2.45, 2.75) is 17.5 Å². The van der Waals surface area contributed by atoms with E-state index in [1.165, 1.54) is 23.2 Å². The molecule has 1 aliphatic rings. The van der Waals surface area contributed by atoms with Crippen LogP contribution in [0.15, 0.2) is 90.0 Å². The highest BCUT2D eigenvalue weighted by atomic mass is 32.2. The minimum atomic E-state index is -4.95. The van der Waals surface area contributed by atoms with Crippen LogP contribution in [-0.2, 0) is 27.4 Å². The third-order valence-electron chi connectivity index (χ3n) is 6.82. The first-order valence-corrected chi connectivity index (χ1v) is 14.2. The van der Waals surface area contributed by atoms with Gasteiger partial charge in [0.25, 0.3) is 15.9 Å². The summed E-state index contributed by atoms with van der Waals surface area (Å²) < 4.78 is 70.5. The standard InChI is InChI=1S/C29H25F3N4O4S/c30-29(31,32)23-19-22(28(38)36-16-14-35(15-17-36)26(37)18-20-6-2-1-3-7-20)11-12-24(23)34-41(39,40)25-10-4-8-21-9-5-13-33-27(21)25/h1-13,19,34H,14-18H2. The molecule has 0 saturated carbocycles. The minimum absolute atomic E-state index is 0.0966. The van der Waals surface area contributed by atoms with Crippen LogP contribution in [0.5, 0.6) is 0 Å². The van der Waals surface area contributed by atoms with Gasteiger partial charge in [0.15, 0.2) is 0 Å². The van der Waals surface area contributed by atoms with Gasteiger partial charge in [0.1, 0.15) is 4.90 Å². The Balaban J connectivity index is 1.33. The first-order chi connectivity index (χ1) is 19.5. The maximum absolute atomic E-state index is 14.1. The number of benzene rings is 3. The quantitative estimate of drug-likeness (QED) is 0.359. The van der Waals surface area contributed by atoms with E-state index >= 15 is 0 Å². The Kier molecular flexibility index (Phi) is 7.68. The highest BCUT2D eigenvalue weighted by Gasteiger charge is 2.36. The number of pyridine rings is 1. The highest BCUT2D eigenvalue weighted by molar-refractivity contribution is 7.93. The van der Waals surface area contributed by atoms with Gasteiger partial charge in [0, 0.05) is 43.3 Å². The normalized spacial score (nSPS) is 14.2. The van der Waals surface area contributed by atoms with Gasteiger partial charge in [-0.15, -0.1) is 0 Å². The number of rotatable bonds is 6. The summed E-state index contributed by atoms with van der Waals surface area (Å²) in [5, 5.41) is 0.509. The molecule has 5 rings (SSSR count). The van der Waals surface area contributed by atoms with Crippen LogP contribution >= 0.6 is 0 Å². The first-order valence-electron chi connectivity index (χ1n) is 12.7. The van der Waals surface area contributed by atoms with E-state index in [9.17, 15) is 31.2 Å². The smallest absolute Gasteiger partial charge is 0.339 e. The van der Waals surface area contributed by atoms with E-state index in [1.54, 1.807) is 23.1 Å². The van der Waals surface area contributed by atoms with Crippen molar-refractivity contribution in [3.63, 3.8) is 0 Å². The molecule has 212 valence electrons. The minimum Gasteiger partial charge on any atom is -0.339 e. The molecule has 12 heteroatoms. The topological polar surface area (TPSA) is 99.7 Å². The summed E-state index contributed by atoms with van der Waals surface area (Å²) in [5.41, 5.74) is -1.27. The molecule has 1 aromatic heterocycles. The number of amides is 2. The van der Waals surface area contributed by atoms with E-state index in [4.69, 9.17) is 0 Å². The number of fused-ring (bicyclic) bond motifs is 1. The number of piperazine rings is 1. The first kappa shape index (κ1) is 28.1. The van der Waals surface area contributed by atoms with E-state index in [0.717, 1.165) is 17.7 Å². The van der Waals surface area contributed by atoms with Crippen LogP contribution in [-0.4, -0.2) is 61.2 Å². The second kappa shape index (κ2) is 11.2. The fourth-order valence-corrected chi connectivity index (χ4v) is 5.98. The van der Waals surface area contributed by atoms with Crippen LogP contribution in [0, 0.1) is 0 Å². The fourth-order valence-electron chi connectivity index (χ4n) is 4.72. The van der Waals surface area contributed by atoms with Gasteiger partial charge in [-0.2, -0.15) is 13.2 Å². The van der Waals surface area contributed by atoms with Gasteiger partial charge in [-0.25, -0.2) is 8.42 Å². The van der Waals surface area contributed by atoms with Crippen molar-refractivity contribution in [2.75, 3.05) is 30.9 Å². The zero-order valence-electron chi connectivity index (χ0n) is 21.6. The molecule has 2 amide bonds. The number of carbonyl (C=O) groups is 2. The Morgan fingerprint density at radius 3 is 2.24 bits per heavy atom. The second-order valence-corrected chi connectivity index (χ2v) is 11.2. The largest absolute Gasteiger partial charge is 0.418 e. The van der Waals surface area contributed by atoms with E-state index in [0.29, 0.717) is 11.5 Å². The van der Waals surface area contributed by atoms with E-state index in [-0.39, 0.29) is 54.5 Å². The van der Waals surface area contributed by atoms with Gasteiger partial charge in [-0.05, 0) is 35.9 Å². The number of para-hydroxylation sites is 1. The number of nitrogens with zero attached hydrogens (tertiary/aromatic N) is 3. The van der Waals surface area contributed by atoms with E-state index < -0.39 is 33.4 Å². The van der Waals surface area contributed by atoms with Crippen molar-refractivity contribution in [3.8, 4) is 0 Å². The lowest BCUT2D eigenvalue weighted by Gasteiger charge is -2.35. The number of nitrogens with one attached hydrogen (secondary N) is 1. The molecule has 2 heterocycles. The molecule has 41 heavy (non-hydrogen) atoms. The van der Waals surface area contributed by atoms with Crippen molar-refractivity contribution >= 4 is 38.4 Å². The van der Waals surface area contributed by atoms with Crippen LogP contribution in [0.4, 0.5) is 18.9 Å². The number of sulfonamides is 1. The molecule has 0 unspecified atom stereocenters. The Morgan fingerprint density at radius 1 is 0.854 bits per heavy atom. The fraction of sp³-hybridized carbons (Fsp3) is 0.207. The van der Waals surface area contributed by atoms with Crippen LogP contribution in [0.25, 0.3) is 10.9 Å². The molecule has 8 nitrogen and oxygen atoms in total. The molecule has 0 aliphatic carbocycles. The van der Waals surface area contributed by atoms with Gasteiger partial charge >= 0.3 is 6.18 Å². The maximum atomic E-state index is 14.1. The summed E-state index contributed by atoms with van der Waals surface area (Å²) >= 11 is 0. The van der Waals surface area contributed by atoms with E-state index in [1.807, 2.05) is 35.1 Å². The molecule has 0 bridgehead atoms. The Labute approximate surface area is 234 Å². The number of hydrogen-bond donors (Lipinski definition) is 1. The summed E-state index contributed by atoms with van der Waals surface area (Å²) in [6, 6.07) is 19.6. The zero-order valence-corrected chi connectivity index (χ0v) is 22.5. The molecule has 1 fully saturated rings. The van der Waals surface area contributed by atoms with Crippen molar-refractivity contribution in [1.82, 2.24) is 14.8 Å². The van der Waals surface area contributed by atoms with Gasteiger partial charge in [0.2, 0.25) is 5.91 Å². The lowest BCUT2D eigenvalue weighted by Crippen LogP contribution is -2.51. The molecule has 1 saturated heterocycles. The third-order valence-corrected chi connectivity index (χ3v) is 8.22. The molecule has 1 aliphatic heterocycles. The number of halogens is 3. The average molecular weight is 583 g/mol. The van der Waals surface area contributed by atoms with Crippen molar-refractivity contribution in [3.05, 3.63) is 102 Å². The second-order valence-electron chi connectivity index (χ2n) is 9.53. The predicted octanol–water partition coefficient (Wildman–Crippen LogP) is 4.58. The molecular formula is C29H25F3N4O4S. The summed E-state index contributed by atoms with van der Waals surface area (Å²) in [4.78, 5) is 32.6. The van der Waals surface area contributed by atoms with Crippen LogP contribution in [0.2, 0.25) is 0 Å². The van der Waals surface area contributed by atoms with Crippen molar-refractivity contribution < 1.29 is 31.2 Å². The van der Waals surface area contributed by atoms with Crippen molar-refractivity contribution in [2.24, 2.45) is 0 Å². The molecule has 4 aromatic rings.